The molecule has 1 aromatic heterocycles. The van der Waals surface area contributed by atoms with Crippen molar-refractivity contribution in [3.05, 3.63) is 58.4 Å². The van der Waals surface area contributed by atoms with E-state index < -0.39 is 0 Å². The van der Waals surface area contributed by atoms with Crippen LogP contribution in [0, 0.1) is 5.82 Å². The molecular weight excluding hydrogens is 325 g/mol. The molecule has 0 fully saturated rings. The zero-order valence-electron chi connectivity index (χ0n) is 10.2. The molecule has 0 unspecified atom stereocenters. The van der Waals surface area contributed by atoms with Gasteiger partial charge in [0, 0.05) is 11.1 Å². The van der Waals surface area contributed by atoms with Crippen LogP contribution in [0.25, 0.3) is 10.9 Å². The molecule has 3 aromatic rings. The topological polar surface area (TPSA) is 57.8 Å². The van der Waals surface area contributed by atoms with Gasteiger partial charge in [-0.15, -0.1) is 0 Å². The Morgan fingerprint density at radius 1 is 1.25 bits per heavy atom. The molecule has 0 aliphatic heterocycles. The van der Waals surface area contributed by atoms with Crippen LogP contribution in [0.1, 0.15) is 10.5 Å². The Kier molecular flexibility index (Phi) is 3.23. The summed E-state index contributed by atoms with van der Waals surface area (Å²) in [7, 11) is 0. The molecule has 2 aromatic carbocycles. The Morgan fingerprint density at radius 3 is 2.85 bits per heavy atom. The maximum atomic E-state index is 13.1. The highest BCUT2D eigenvalue weighted by atomic mass is 79.9. The van der Waals surface area contributed by atoms with Crippen molar-refractivity contribution in [2.75, 3.05) is 5.32 Å². The van der Waals surface area contributed by atoms with Crippen LogP contribution >= 0.6 is 15.9 Å². The van der Waals surface area contributed by atoms with E-state index in [1.54, 1.807) is 0 Å². The lowest BCUT2D eigenvalue weighted by molar-refractivity contribution is 0.102. The molecule has 1 amide bonds. The highest BCUT2D eigenvalue weighted by Gasteiger charge is 2.14. The fourth-order valence-electron chi connectivity index (χ4n) is 1.90. The molecule has 0 radical (unpaired) electrons. The van der Waals surface area contributed by atoms with Gasteiger partial charge in [0.15, 0.2) is 5.69 Å². The summed E-state index contributed by atoms with van der Waals surface area (Å²) in [5.41, 5.74) is 1.59. The number of nitrogens with zero attached hydrogens (tertiary/aromatic N) is 1. The molecule has 0 aliphatic rings. The first kappa shape index (κ1) is 12.8. The highest BCUT2D eigenvalue weighted by Crippen LogP contribution is 2.21. The third kappa shape index (κ3) is 2.30. The second-order valence-electron chi connectivity index (χ2n) is 4.20. The average molecular weight is 334 g/mol. The maximum Gasteiger partial charge on any atom is 0.276 e. The van der Waals surface area contributed by atoms with Gasteiger partial charge in [0.25, 0.3) is 5.91 Å². The van der Waals surface area contributed by atoms with Crippen LogP contribution in [-0.2, 0) is 0 Å². The van der Waals surface area contributed by atoms with Gasteiger partial charge in [-0.25, -0.2) is 4.39 Å². The first-order chi connectivity index (χ1) is 9.65. The van der Waals surface area contributed by atoms with Crippen LogP contribution in [-0.4, -0.2) is 16.1 Å². The summed E-state index contributed by atoms with van der Waals surface area (Å²) < 4.78 is 13.4. The normalized spacial score (nSPS) is 10.7. The Bertz CT molecular complexity index is 800. The van der Waals surface area contributed by atoms with E-state index in [-0.39, 0.29) is 11.7 Å². The molecule has 0 saturated heterocycles. The number of carbonyl (C=O) groups is 1. The number of fused-ring (bicyclic) bond motifs is 1. The summed E-state index contributed by atoms with van der Waals surface area (Å²) in [4.78, 5) is 12.2. The smallest absolute Gasteiger partial charge is 0.276 e. The van der Waals surface area contributed by atoms with Gasteiger partial charge in [-0.2, -0.15) is 5.10 Å². The fraction of sp³-hybridized carbons (Fsp3) is 0. The number of para-hydroxylation sites is 1. The van der Waals surface area contributed by atoms with Gasteiger partial charge in [0.05, 0.1) is 9.99 Å². The van der Waals surface area contributed by atoms with Crippen molar-refractivity contribution >= 4 is 38.4 Å². The van der Waals surface area contributed by atoms with Crippen LogP contribution in [0.5, 0.6) is 0 Å². The van der Waals surface area contributed by atoms with E-state index in [1.807, 2.05) is 24.3 Å². The number of halogens is 2. The lowest BCUT2D eigenvalue weighted by Crippen LogP contribution is -2.12. The summed E-state index contributed by atoms with van der Waals surface area (Å²) in [6.07, 6.45) is 0. The number of anilines is 1. The minimum Gasteiger partial charge on any atom is -0.321 e. The van der Waals surface area contributed by atoms with Crippen molar-refractivity contribution in [3.8, 4) is 0 Å². The lowest BCUT2D eigenvalue weighted by Gasteiger charge is -2.04. The number of hydrogen-bond donors (Lipinski definition) is 2. The molecular formula is C14H9BrFN3O. The Hall–Kier alpha value is -2.21. The van der Waals surface area contributed by atoms with Crippen LogP contribution in [0.4, 0.5) is 10.1 Å². The van der Waals surface area contributed by atoms with Gasteiger partial charge in [-0.3, -0.25) is 9.89 Å². The molecule has 4 nitrogen and oxygen atoms in total. The van der Waals surface area contributed by atoms with E-state index >= 15 is 0 Å². The molecule has 6 heteroatoms. The minimum absolute atomic E-state index is 0.294. The van der Waals surface area contributed by atoms with E-state index in [1.165, 1.54) is 18.2 Å². The fourth-order valence-corrected chi connectivity index (χ4v) is 2.28. The number of nitrogens with one attached hydrogen (secondary N) is 2. The van der Waals surface area contributed by atoms with E-state index in [2.05, 4.69) is 31.4 Å². The molecule has 1 heterocycles. The number of rotatable bonds is 2. The monoisotopic (exact) mass is 333 g/mol. The van der Waals surface area contributed by atoms with E-state index in [0.717, 1.165) is 10.9 Å². The molecule has 20 heavy (non-hydrogen) atoms. The van der Waals surface area contributed by atoms with Crippen molar-refractivity contribution in [3.63, 3.8) is 0 Å². The van der Waals surface area contributed by atoms with Gasteiger partial charge < -0.3 is 5.32 Å². The summed E-state index contributed by atoms with van der Waals surface area (Å²) in [6.45, 7) is 0. The van der Waals surface area contributed by atoms with Gasteiger partial charge in [-0.1, -0.05) is 18.2 Å². The van der Waals surface area contributed by atoms with Crippen molar-refractivity contribution in [1.82, 2.24) is 10.2 Å². The van der Waals surface area contributed by atoms with Crippen molar-refractivity contribution in [2.45, 2.75) is 0 Å². The predicted octanol–water partition coefficient (Wildman–Crippen LogP) is 3.72. The second-order valence-corrected chi connectivity index (χ2v) is 5.06. The quantitative estimate of drug-likeness (QED) is 0.750. The largest absolute Gasteiger partial charge is 0.321 e. The first-order valence-electron chi connectivity index (χ1n) is 5.84. The third-order valence-corrected chi connectivity index (χ3v) is 3.47. The molecule has 0 bridgehead atoms. The SMILES string of the molecule is O=C(Nc1ccc(F)c(Br)c1)c1n[nH]c2ccccc12. The van der Waals surface area contributed by atoms with Crippen LogP contribution < -0.4 is 5.32 Å². The maximum absolute atomic E-state index is 13.1. The zero-order chi connectivity index (χ0) is 14.1. The number of benzene rings is 2. The standard InChI is InChI=1S/C14H9BrFN3O/c15-10-7-8(5-6-11(10)16)17-14(20)13-9-3-1-2-4-12(9)18-19-13/h1-7H,(H,17,20)(H,18,19). The summed E-state index contributed by atoms with van der Waals surface area (Å²) in [6, 6.07) is 11.6. The second kappa shape index (κ2) is 5.05. The lowest BCUT2D eigenvalue weighted by atomic mass is 10.2. The molecule has 0 aliphatic carbocycles. The third-order valence-electron chi connectivity index (χ3n) is 2.86. The van der Waals surface area contributed by atoms with E-state index in [4.69, 9.17) is 0 Å². The van der Waals surface area contributed by atoms with Crippen LogP contribution in [0.2, 0.25) is 0 Å². The summed E-state index contributed by atoms with van der Waals surface area (Å²) >= 11 is 3.08. The molecule has 0 spiro atoms. The Morgan fingerprint density at radius 2 is 2.05 bits per heavy atom. The van der Waals surface area contributed by atoms with Gasteiger partial charge in [0.1, 0.15) is 5.82 Å². The molecule has 0 saturated carbocycles. The van der Waals surface area contributed by atoms with Crippen molar-refractivity contribution < 1.29 is 9.18 Å². The van der Waals surface area contributed by atoms with Gasteiger partial charge >= 0.3 is 0 Å². The Labute approximate surface area is 122 Å². The number of aromatic nitrogens is 2. The number of hydrogen-bond acceptors (Lipinski definition) is 2. The summed E-state index contributed by atoms with van der Waals surface area (Å²) in [5, 5.41) is 10.2. The van der Waals surface area contributed by atoms with Crippen molar-refractivity contribution in [1.29, 1.82) is 0 Å². The average Bonchev–Trinajstić information content (AvgIpc) is 2.87. The number of carbonyl (C=O) groups excluding carboxylic acids is 1. The molecule has 2 N–H and O–H groups in total. The van der Waals surface area contributed by atoms with Gasteiger partial charge in [0.2, 0.25) is 0 Å². The molecule has 100 valence electrons. The highest BCUT2D eigenvalue weighted by molar-refractivity contribution is 9.10. The predicted molar refractivity (Wildman–Crippen MR) is 78.1 cm³/mol. The first-order valence-corrected chi connectivity index (χ1v) is 6.64. The van der Waals surface area contributed by atoms with Crippen molar-refractivity contribution in [2.24, 2.45) is 0 Å². The minimum atomic E-state index is -0.381. The summed E-state index contributed by atoms with van der Waals surface area (Å²) in [5.74, 6) is -0.728. The van der Waals surface area contributed by atoms with Crippen LogP contribution in [0.3, 0.4) is 0 Å². The number of amides is 1. The molecule has 3 rings (SSSR count). The number of aromatic amines is 1. The zero-order valence-corrected chi connectivity index (χ0v) is 11.7. The van der Waals surface area contributed by atoms with Gasteiger partial charge in [-0.05, 0) is 40.2 Å². The number of H-pyrrole nitrogens is 1. The van der Waals surface area contributed by atoms with E-state index in [9.17, 15) is 9.18 Å². The van der Waals surface area contributed by atoms with Crippen LogP contribution in [0.15, 0.2) is 46.9 Å². The van der Waals surface area contributed by atoms with E-state index in [0.29, 0.717) is 15.9 Å². The Balaban J connectivity index is 1.91. The molecule has 0 atom stereocenters.